The molecular weight excluding hydrogens is 650 g/mol. The largest absolute Gasteiger partial charge is 0.405 e. The van der Waals surface area contributed by atoms with Gasteiger partial charge in [0.1, 0.15) is 0 Å². The van der Waals surface area contributed by atoms with E-state index in [-0.39, 0.29) is 23.9 Å². The van der Waals surface area contributed by atoms with Crippen molar-refractivity contribution >= 4 is 79.2 Å². The first-order chi connectivity index (χ1) is 12.3. The number of nitrogens with one attached hydrogen (secondary N) is 2. The molecule has 2 aliphatic rings. The molecule has 0 spiro atoms. The summed E-state index contributed by atoms with van der Waals surface area (Å²) < 4.78 is 46.7. The van der Waals surface area contributed by atoms with Gasteiger partial charge in [-0.25, -0.2) is 19.3 Å². The Kier molecular flexibility index (Phi) is 9.80. The van der Waals surface area contributed by atoms with Crippen LogP contribution in [-0.2, 0) is 27.2 Å². The van der Waals surface area contributed by atoms with Crippen LogP contribution in [0.3, 0.4) is 0 Å². The molecule has 0 saturated carbocycles. The number of alkyl halides is 4. The maximum Gasteiger partial charge on any atom is 0.405 e. The highest BCUT2D eigenvalue weighted by Crippen LogP contribution is 2.52. The average Bonchev–Trinajstić information content (AvgIpc) is 2.68. The molecule has 2 saturated heterocycles. The normalized spacial score (nSPS) is 26.5. The molecule has 0 atom stereocenters. The molecule has 0 unspecified atom stereocenters. The third-order valence-corrected chi connectivity index (χ3v) is 11.9. The SMILES string of the molecule is O=P1(NCCNP2(=O)OCC(CBr)(CBr)CO2)OCC(CBr)(CBr)CO1. The molecule has 2 rings (SSSR count). The van der Waals surface area contributed by atoms with Gasteiger partial charge in [0.05, 0.1) is 26.4 Å². The quantitative estimate of drug-likeness (QED) is 0.216. The summed E-state index contributed by atoms with van der Waals surface area (Å²) in [7, 11) is -6.72. The van der Waals surface area contributed by atoms with E-state index in [0.29, 0.717) is 47.7 Å². The van der Waals surface area contributed by atoms with Crippen molar-refractivity contribution in [1.82, 2.24) is 10.2 Å². The van der Waals surface area contributed by atoms with E-state index in [1.165, 1.54) is 0 Å². The van der Waals surface area contributed by atoms with E-state index in [9.17, 15) is 9.13 Å². The molecule has 14 heteroatoms. The summed E-state index contributed by atoms with van der Waals surface area (Å²) in [4.78, 5) is 0. The smallest absolute Gasteiger partial charge is 0.296 e. The Bertz CT molecular complexity index is 488. The molecule has 0 aromatic rings. The molecule has 0 bridgehead atoms. The second kappa shape index (κ2) is 10.4. The van der Waals surface area contributed by atoms with Crippen LogP contribution in [-0.4, -0.2) is 60.8 Å². The van der Waals surface area contributed by atoms with E-state index < -0.39 is 15.5 Å². The van der Waals surface area contributed by atoms with Gasteiger partial charge in [-0.15, -0.1) is 0 Å². The van der Waals surface area contributed by atoms with E-state index >= 15 is 0 Å². The van der Waals surface area contributed by atoms with E-state index in [1.807, 2.05) is 0 Å². The first-order valence-electron chi connectivity index (χ1n) is 7.80. The van der Waals surface area contributed by atoms with E-state index in [0.717, 1.165) is 0 Å². The Hall–Kier alpha value is 2.14. The van der Waals surface area contributed by atoms with Gasteiger partial charge >= 0.3 is 15.5 Å². The summed E-state index contributed by atoms with van der Waals surface area (Å²) in [5, 5.41) is 8.20. The molecule has 2 heterocycles. The summed E-state index contributed by atoms with van der Waals surface area (Å²) in [5.74, 6) is 0. The first-order valence-corrected chi connectivity index (χ1v) is 15.4. The fraction of sp³-hybridized carbons (Fsp3) is 1.00. The number of hydrogen-bond acceptors (Lipinski definition) is 6. The van der Waals surface area contributed by atoms with E-state index in [2.05, 4.69) is 73.9 Å². The molecule has 8 nitrogen and oxygen atoms in total. The Balaban J connectivity index is 1.72. The average molecular weight is 672 g/mol. The molecule has 2 fully saturated rings. The molecule has 0 amide bonds. The highest BCUT2D eigenvalue weighted by molar-refractivity contribution is 9.10. The van der Waals surface area contributed by atoms with Crippen LogP contribution in [0.1, 0.15) is 0 Å². The minimum atomic E-state index is -3.36. The van der Waals surface area contributed by atoms with Gasteiger partial charge in [0.15, 0.2) is 0 Å². The second-order valence-corrected chi connectivity index (χ2v) is 12.3. The van der Waals surface area contributed by atoms with Crippen LogP contribution in [0.25, 0.3) is 0 Å². The van der Waals surface area contributed by atoms with Crippen molar-refractivity contribution in [3.63, 3.8) is 0 Å². The zero-order valence-electron chi connectivity index (χ0n) is 13.9. The third kappa shape index (κ3) is 6.32. The minimum absolute atomic E-state index is 0.228. The lowest BCUT2D eigenvalue weighted by atomic mass is 9.96. The van der Waals surface area contributed by atoms with Crippen molar-refractivity contribution in [2.75, 3.05) is 60.8 Å². The topological polar surface area (TPSA) is 95.1 Å². The standard InChI is InChI=1S/C12H22Br4N2O6P2/c13-3-11(4-14)7-21-25(19,22-8-11)17-1-2-18-26(20)23-9-12(5-15,6-16)10-24-26/h1-10H2,(H,17,19)(H,18,20). The van der Waals surface area contributed by atoms with E-state index in [4.69, 9.17) is 18.1 Å². The van der Waals surface area contributed by atoms with Crippen molar-refractivity contribution in [3.8, 4) is 0 Å². The number of rotatable bonds is 9. The van der Waals surface area contributed by atoms with Gasteiger partial charge in [-0.1, -0.05) is 63.7 Å². The predicted molar refractivity (Wildman–Crippen MR) is 115 cm³/mol. The lowest BCUT2D eigenvalue weighted by Crippen LogP contribution is -2.42. The lowest BCUT2D eigenvalue weighted by Gasteiger charge is -2.37. The van der Waals surface area contributed by atoms with Crippen LogP contribution in [0, 0.1) is 10.8 Å². The highest BCUT2D eigenvalue weighted by atomic mass is 79.9. The molecular formula is C12H22Br4N2O6P2. The first kappa shape index (κ1) is 24.4. The molecule has 0 radical (unpaired) electrons. The van der Waals surface area contributed by atoms with E-state index in [1.54, 1.807) is 0 Å². The van der Waals surface area contributed by atoms with Crippen molar-refractivity contribution in [2.45, 2.75) is 0 Å². The van der Waals surface area contributed by atoms with Crippen molar-refractivity contribution in [3.05, 3.63) is 0 Å². The van der Waals surface area contributed by atoms with Gasteiger partial charge in [0, 0.05) is 45.2 Å². The van der Waals surface area contributed by atoms with Crippen molar-refractivity contribution in [1.29, 1.82) is 0 Å². The maximum absolute atomic E-state index is 12.5. The maximum atomic E-state index is 12.5. The van der Waals surface area contributed by atoms with Gasteiger partial charge in [-0.3, -0.25) is 18.1 Å². The molecule has 26 heavy (non-hydrogen) atoms. The van der Waals surface area contributed by atoms with Crippen LogP contribution in [0.2, 0.25) is 0 Å². The number of hydrogen-bond donors (Lipinski definition) is 2. The van der Waals surface area contributed by atoms with Crippen LogP contribution in [0.15, 0.2) is 0 Å². The zero-order valence-corrected chi connectivity index (χ0v) is 22.1. The lowest BCUT2D eigenvalue weighted by molar-refractivity contribution is 0.0427. The summed E-state index contributed by atoms with van der Waals surface area (Å²) in [6.45, 7) is 1.71. The van der Waals surface area contributed by atoms with Crippen molar-refractivity contribution < 1.29 is 27.2 Å². The zero-order chi connectivity index (χ0) is 19.3. The van der Waals surface area contributed by atoms with Crippen LogP contribution >= 0.6 is 79.2 Å². The van der Waals surface area contributed by atoms with Gasteiger partial charge in [-0.05, 0) is 0 Å². The molecule has 0 aromatic carbocycles. The Morgan fingerprint density at radius 2 is 0.923 bits per heavy atom. The van der Waals surface area contributed by atoms with Crippen LogP contribution in [0.4, 0.5) is 0 Å². The molecule has 0 aliphatic carbocycles. The Morgan fingerprint density at radius 1 is 0.654 bits per heavy atom. The predicted octanol–water partition coefficient (Wildman–Crippen LogP) is 4.03. The Morgan fingerprint density at radius 3 is 1.15 bits per heavy atom. The molecule has 2 aliphatic heterocycles. The second-order valence-electron chi connectivity index (χ2n) is 6.44. The number of halogens is 4. The minimum Gasteiger partial charge on any atom is -0.296 e. The summed E-state index contributed by atoms with van der Waals surface area (Å²) >= 11 is 13.7. The van der Waals surface area contributed by atoms with Gasteiger partial charge in [0.25, 0.3) is 0 Å². The van der Waals surface area contributed by atoms with Gasteiger partial charge in [-0.2, -0.15) is 0 Å². The molecule has 0 aromatic heterocycles. The fourth-order valence-corrected chi connectivity index (χ4v) is 8.21. The van der Waals surface area contributed by atoms with Gasteiger partial charge < -0.3 is 0 Å². The molecule has 2 N–H and O–H groups in total. The highest BCUT2D eigenvalue weighted by Gasteiger charge is 2.42. The summed E-state index contributed by atoms with van der Waals surface area (Å²) in [5.41, 5.74) is -0.473. The molecule has 154 valence electrons. The summed E-state index contributed by atoms with van der Waals surface area (Å²) in [6, 6.07) is 0. The van der Waals surface area contributed by atoms with Crippen LogP contribution in [0.5, 0.6) is 0 Å². The Labute approximate surface area is 187 Å². The monoisotopic (exact) mass is 668 g/mol. The van der Waals surface area contributed by atoms with Gasteiger partial charge in [0.2, 0.25) is 0 Å². The third-order valence-electron chi connectivity index (χ3n) is 4.03. The van der Waals surface area contributed by atoms with Crippen molar-refractivity contribution in [2.24, 2.45) is 10.8 Å². The summed E-state index contributed by atoms with van der Waals surface area (Å²) in [6.07, 6.45) is 0. The van der Waals surface area contributed by atoms with Crippen LogP contribution < -0.4 is 10.2 Å². The fourth-order valence-electron chi connectivity index (χ4n) is 1.99.